The summed E-state index contributed by atoms with van der Waals surface area (Å²) < 4.78 is 6.31. The van der Waals surface area contributed by atoms with Crippen molar-refractivity contribution in [2.75, 3.05) is 0 Å². The maximum atomic E-state index is 6.31. The Morgan fingerprint density at radius 3 is 1.96 bits per heavy atom. The molecule has 0 saturated carbocycles. The van der Waals surface area contributed by atoms with Crippen molar-refractivity contribution < 1.29 is 4.74 Å². The predicted molar refractivity (Wildman–Crippen MR) is 115 cm³/mol. The quantitative estimate of drug-likeness (QED) is 0.402. The minimum atomic E-state index is -0.311. The van der Waals surface area contributed by atoms with Gasteiger partial charge in [0.15, 0.2) is 0 Å². The Kier molecular flexibility index (Phi) is 6.13. The molecule has 1 nitrogen and oxygen atoms in total. The number of benzene rings is 3. The van der Waals surface area contributed by atoms with Crippen LogP contribution in [0.15, 0.2) is 48.5 Å². The number of hydrogen-bond donors (Lipinski definition) is 0. The zero-order chi connectivity index (χ0) is 19.5. The van der Waals surface area contributed by atoms with Gasteiger partial charge in [-0.2, -0.15) is 0 Å². The first-order valence-corrected chi connectivity index (χ1v) is 9.79. The fraction of sp³-hybridized carbons (Fsp3) is 0.360. The lowest BCUT2D eigenvalue weighted by Gasteiger charge is -2.35. The number of rotatable bonds is 0. The van der Waals surface area contributed by atoms with Crippen molar-refractivity contribution in [3.63, 3.8) is 0 Å². The SMILES string of the molecule is CC.CC.Cc1ccc2c(c1)OC(C)(C)c1cc3cc(C)ccc3cc1-2. The molecule has 0 bridgehead atoms. The van der Waals surface area contributed by atoms with Crippen LogP contribution in [0.25, 0.3) is 21.9 Å². The highest BCUT2D eigenvalue weighted by Gasteiger charge is 2.32. The highest BCUT2D eigenvalue weighted by Crippen LogP contribution is 2.46. The second kappa shape index (κ2) is 7.95. The van der Waals surface area contributed by atoms with Gasteiger partial charge in [-0.15, -0.1) is 0 Å². The Morgan fingerprint density at radius 1 is 0.654 bits per heavy atom. The van der Waals surface area contributed by atoms with Crippen LogP contribution in [0.2, 0.25) is 0 Å². The van der Waals surface area contributed by atoms with Crippen LogP contribution in [0.1, 0.15) is 58.2 Å². The smallest absolute Gasteiger partial charge is 0.129 e. The molecule has 3 aromatic rings. The van der Waals surface area contributed by atoms with Crippen molar-refractivity contribution in [3.8, 4) is 16.9 Å². The molecular formula is C25H32O. The molecule has 0 fully saturated rings. The molecule has 1 heteroatoms. The van der Waals surface area contributed by atoms with Crippen molar-refractivity contribution in [1.29, 1.82) is 0 Å². The number of fused-ring (bicyclic) bond motifs is 4. The molecule has 0 aromatic heterocycles. The third-order valence-corrected chi connectivity index (χ3v) is 4.57. The maximum absolute atomic E-state index is 6.31. The molecule has 0 spiro atoms. The highest BCUT2D eigenvalue weighted by molar-refractivity contribution is 5.92. The topological polar surface area (TPSA) is 9.23 Å². The van der Waals surface area contributed by atoms with Crippen LogP contribution in [0, 0.1) is 13.8 Å². The van der Waals surface area contributed by atoms with E-state index in [9.17, 15) is 0 Å². The minimum Gasteiger partial charge on any atom is -0.482 e. The zero-order valence-electron chi connectivity index (χ0n) is 17.5. The first-order valence-electron chi connectivity index (χ1n) is 9.79. The van der Waals surface area contributed by atoms with E-state index in [0.29, 0.717) is 0 Å². The molecule has 0 atom stereocenters. The van der Waals surface area contributed by atoms with E-state index in [1.807, 2.05) is 27.7 Å². The minimum absolute atomic E-state index is 0.311. The van der Waals surface area contributed by atoms with E-state index < -0.39 is 0 Å². The summed E-state index contributed by atoms with van der Waals surface area (Å²) in [6.07, 6.45) is 0. The van der Waals surface area contributed by atoms with Crippen LogP contribution < -0.4 is 4.74 Å². The van der Waals surface area contributed by atoms with Crippen LogP contribution in [-0.2, 0) is 5.60 Å². The Labute approximate surface area is 159 Å². The first-order chi connectivity index (χ1) is 12.4. The fourth-order valence-electron chi connectivity index (χ4n) is 3.40. The lowest BCUT2D eigenvalue weighted by Crippen LogP contribution is -2.29. The first kappa shape index (κ1) is 20.0. The molecule has 1 aliphatic rings. The van der Waals surface area contributed by atoms with Gasteiger partial charge in [-0.25, -0.2) is 0 Å². The molecule has 0 aliphatic carbocycles. The molecule has 3 aromatic carbocycles. The molecule has 26 heavy (non-hydrogen) atoms. The summed E-state index contributed by atoms with van der Waals surface area (Å²) >= 11 is 0. The number of aryl methyl sites for hydroxylation is 2. The van der Waals surface area contributed by atoms with Crippen molar-refractivity contribution in [2.24, 2.45) is 0 Å². The van der Waals surface area contributed by atoms with Crippen LogP contribution in [0.5, 0.6) is 5.75 Å². The lowest BCUT2D eigenvalue weighted by atomic mass is 9.84. The second-order valence-electron chi connectivity index (χ2n) is 6.86. The summed E-state index contributed by atoms with van der Waals surface area (Å²) in [5, 5.41) is 2.57. The summed E-state index contributed by atoms with van der Waals surface area (Å²) in [6, 6.07) is 17.7. The maximum Gasteiger partial charge on any atom is 0.129 e. The molecule has 0 radical (unpaired) electrons. The second-order valence-corrected chi connectivity index (χ2v) is 6.86. The van der Waals surface area contributed by atoms with Gasteiger partial charge in [0, 0.05) is 11.1 Å². The van der Waals surface area contributed by atoms with Gasteiger partial charge in [-0.1, -0.05) is 63.6 Å². The highest BCUT2D eigenvalue weighted by atomic mass is 16.5. The summed E-state index contributed by atoms with van der Waals surface area (Å²) in [5.41, 5.74) is 5.97. The molecule has 0 amide bonds. The number of ether oxygens (including phenoxy) is 1. The van der Waals surface area contributed by atoms with E-state index in [2.05, 4.69) is 76.2 Å². The van der Waals surface area contributed by atoms with Gasteiger partial charge < -0.3 is 4.74 Å². The summed E-state index contributed by atoms with van der Waals surface area (Å²) in [7, 11) is 0. The predicted octanol–water partition coefficient (Wildman–Crippen LogP) is 7.80. The van der Waals surface area contributed by atoms with Gasteiger partial charge in [0.1, 0.15) is 11.4 Å². The third-order valence-electron chi connectivity index (χ3n) is 4.57. The van der Waals surface area contributed by atoms with Gasteiger partial charge in [0.2, 0.25) is 0 Å². The molecule has 0 saturated heterocycles. The molecule has 4 rings (SSSR count). The van der Waals surface area contributed by atoms with Crippen LogP contribution in [0.4, 0.5) is 0 Å². The Bertz CT molecular complexity index is 903. The molecule has 0 N–H and O–H groups in total. The van der Waals surface area contributed by atoms with Crippen LogP contribution in [0.3, 0.4) is 0 Å². The van der Waals surface area contributed by atoms with Crippen LogP contribution >= 0.6 is 0 Å². The van der Waals surface area contributed by atoms with E-state index in [-0.39, 0.29) is 5.60 Å². The van der Waals surface area contributed by atoms with Gasteiger partial charge in [-0.05, 0) is 67.8 Å². The van der Waals surface area contributed by atoms with Crippen molar-refractivity contribution >= 4 is 10.8 Å². The average Bonchev–Trinajstić information content (AvgIpc) is 2.63. The monoisotopic (exact) mass is 348 g/mol. The number of hydrogen-bond acceptors (Lipinski definition) is 1. The summed E-state index contributed by atoms with van der Waals surface area (Å²) in [4.78, 5) is 0. The van der Waals surface area contributed by atoms with Crippen molar-refractivity contribution in [1.82, 2.24) is 0 Å². The standard InChI is InChI=1S/C21H20O.2C2H6/c1-13-5-7-15-11-18-17-8-6-14(2)10-20(17)22-21(3,4)19(18)12-16(15)9-13;2*1-2/h5-12H,1-4H3;2*1-2H3. The van der Waals surface area contributed by atoms with E-state index in [4.69, 9.17) is 4.74 Å². The van der Waals surface area contributed by atoms with Crippen LogP contribution in [-0.4, -0.2) is 0 Å². The van der Waals surface area contributed by atoms with Gasteiger partial charge >= 0.3 is 0 Å². The molecule has 138 valence electrons. The van der Waals surface area contributed by atoms with E-state index in [1.165, 1.54) is 38.6 Å². The van der Waals surface area contributed by atoms with Gasteiger partial charge in [-0.3, -0.25) is 0 Å². The lowest BCUT2D eigenvalue weighted by molar-refractivity contribution is 0.106. The average molecular weight is 349 g/mol. The van der Waals surface area contributed by atoms with E-state index >= 15 is 0 Å². The summed E-state index contributed by atoms with van der Waals surface area (Å²) in [5.74, 6) is 0.990. The van der Waals surface area contributed by atoms with Gasteiger partial charge in [0.25, 0.3) is 0 Å². The normalized spacial score (nSPS) is 13.2. The summed E-state index contributed by atoms with van der Waals surface area (Å²) in [6.45, 7) is 16.5. The van der Waals surface area contributed by atoms with E-state index in [0.717, 1.165) is 5.75 Å². The third kappa shape index (κ3) is 3.62. The molecule has 1 heterocycles. The zero-order valence-corrected chi connectivity index (χ0v) is 17.5. The Hall–Kier alpha value is -2.28. The Morgan fingerprint density at radius 2 is 1.27 bits per heavy atom. The van der Waals surface area contributed by atoms with E-state index in [1.54, 1.807) is 0 Å². The van der Waals surface area contributed by atoms with Crippen molar-refractivity contribution in [3.05, 3.63) is 65.2 Å². The van der Waals surface area contributed by atoms with Crippen molar-refractivity contribution in [2.45, 2.75) is 61.0 Å². The largest absolute Gasteiger partial charge is 0.482 e. The Balaban J connectivity index is 0.000000570. The molecular weight excluding hydrogens is 316 g/mol. The fourth-order valence-corrected chi connectivity index (χ4v) is 3.40. The molecule has 0 unspecified atom stereocenters. The molecule has 1 aliphatic heterocycles. The van der Waals surface area contributed by atoms with Gasteiger partial charge in [0.05, 0.1) is 0 Å².